The van der Waals surface area contributed by atoms with Crippen molar-refractivity contribution < 1.29 is 14.7 Å². The third-order valence-corrected chi connectivity index (χ3v) is 4.75. The van der Waals surface area contributed by atoms with Gasteiger partial charge in [0.2, 0.25) is 5.91 Å². The van der Waals surface area contributed by atoms with Crippen LogP contribution in [-0.4, -0.2) is 53.3 Å². The quantitative estimate of drug-likeness (QED) is 0.564. The fraction of sp³-hybridized carbons (Fsp3) is 0.500. The van der Waals surface area contributed by atoms with Crippen molar-refractivity contribution in [2.45, 2.75) is 30.2 Å². The summed E-state index contributed by atoms with van der Waals surface area (Å²) in [5, 5.41) is 11.9. The smallest absolute Gasteiger partial charge is 0.320 e. The number of rotatable bonds is 8. The first-order valence-electron chi connectivity index (χ1n) is 7.58. The van der Waals surface area contributed by atoms with Crippen molar-refractivity contribution in [2.24, 2.45) is 0 Å². The highest BCUT2D eigenvalue weighted by Crippen LogP contribution is 2.18. The minimum atomic E-state index is -0.829. The average Bonchev–Trinajstić information content (AvgIpc) is 2.96. The average molecular weight is 322 g/mol. The highest BCUT2D eigenvalue weighted by atomic mass is 32.2. The van der Waals surface area contributed by atoms with Crippen LogP contribution in [0, 0.1) is 0 Å². The molecule has 0 aromatic heterocycles. The first-order chi connectivity index (χ1) is 10.7. The number of thioether (sulfide) groups is 1. The van der Waals surface area contributed by atoms with Gasteiger partial charge in [0.25, 0.3) is 0 Å². The number of benzene rings is 1. The summed E-state index contributed by atoms with van der Waals surface area (Å²) in [4.78, 5) is 25.9. The number of amides is 1. The van der Waals surface area contributed by atoms with E-state index in [1.54, 1.807) is 16.7 Å². The molecule has 1 heterocycles. The Kier molecular flexibility index (Phi) is 6.74. The zero-order valence-electron chi connectivity index (χ0n) is 12.5. The van der Waals surface area contributed by atoms with E-state index in [4.69, 9.17) is 5.11 Å². The number of aliphatic carboxylic acids is 1. The summed E-state index contributed by atoms with van der Waals surface area (Å²) in [6.45, 7) is 1.50. The number of carboxylic acids is 1. The summed E-state index contributed by atoms with van der Waals surface area (Å²) < 4.78 is 0. The Bertz CT molecular complexity index is 495. The van der Waals surface area contributed by atoms with Crippen LogP contribution in [0.4, 0.5) is 0 Å². The lowest BCUT2D eigenvalue weighted by Gasteiger charge is -2.20. The van der Waals surface area contributed by atoms with E-state index >= 15 is 0 Å². The maximum atomic E-state index is 11.8. The first kappa shape index (κ1) is 16.8. The van der Waals surface area contributed by atoms with E-state index in [2.05, 4.69) is 17.4 Å². The fourth-order valence-electron chi connectivity index (χ4n) is 2.54. The molecule has 120 valence electrons. The van der Waals surface area contributed by atoms with E-state index in [1.165, 1.54) is 4.90 Å². The Labute approximate surface area is 135 Å². The van der Waals surface area contributed by atoms with Crippen LogP contribution in [0.5, 0.6) is 0 Å². The van der Waals surface area contributed by atoms with Gasteiger partial charge in [-0.1, -0.05) is 18.2 Å². The normalized spacial score (nSPS) is 18.3. The Morgan fingerprint density at radius 1 is 1.32 bits per heavy atom. The molecule has 6 heteroatoms. The SMILES string of the molecule is O=C(CN1CCC[C@@H]1C(=O)O)NCCCSc1ccccc1. The number of hydrogen-bond acceptors (Lipinski definition) is 4. The molecule has 0 aliphatic carbocycles. The first-order valence-corrected chi connectivity index (χ1v) is 8.57. The number of carbonyl (C=O) groups is 2. The summed E-state index contributed by atoms with van der Waals surface area (Å²) in [6, 6.07) is 9.66. The molecule has 0 unspecified atom stereocenters. The van der Waals surface area contributed by atoms with Crippen LogP contribution in [0.2, 0.25) is 0 Å². The van der Waals surface area contributed by atoms with Crippen molar-refractivity contribution >= 4 is 23.6 Å². The molecule has 0 bridgehead atoms. The van der Waals surface area contributed by atoms with E-state index in [0.29, 0.717) is 19.5 Å². The monoisotopic (exact) mass is 322 g/mol. The zero-order valence-corrected chi connectivity index (χ0v) is 13.3. The molecule has 1 saturated heterocycles. The predicted molar refractivity (Wildman–Crippen MR) is 87.0 cm³/mol. The van der Waals surface area contributed by atoms with Crippen molar-refractivity contribution in [3.63, 3.8) is 0 Å². The van der Waals surface area contributed by atoms with Gasteiger partial charge in [-0.3, -0.25) is 14.5 Å². The molecule has 1 amide bonds. The minimum absolute atomic E-state index is 0.0853. The Balaban J connectivity index is 1.59. The van der Waals surface area contributed by atoms with Crippen LogP contribution in [0.1, 0.15) is 19.3 Å². The molecular weight excluding hydrogens is 300 g/mol. The highest BCUT2D eigenvalue weighted by Gasteiger charge is 2.31. The minimum Gasteiger partial charge on any atom is -0.480 e. The number of likely N-dealkylation sites (tertiary alicyclic amines) is 1. The number of carbonyl (C=O) groups excluding carboxylic acids is 1. The van der Waals surface area contributed by atoms with Crippen LogP contribution in [-0.2, 0) is 9.59 Å². The molecule has 1 aromatic carbocycles. The summed E-state index contributed by atoms with van der Waals surface area (Å²) in [7, 11) is 0. The van der Waals surface area contributed by atoms with Gasteiger partial charge in [-0.2, -0.15) is 0 Å². The molecular formula is C16H22N2O3S. The third-order valence-electron chi connectivity index (χ3n) is 3.65. The predicted octanol–water partition coefficient (Wildman–Crippen LogP) is 1.83. The molecule has 0 saturated carbocycles. The molecule has 0 spiro atoms. The highest BCUT2D eigenvalue weighted by molar-refractivity contribution is 7.99. The van der Waals surface area contributed by atoms with Gasteiger partial charge in [0, 0.05) is 11.4 Å². The van der Waals surface area contributed by atoms with Gasteiger partial charge in [0.15, 0.2) is 0 Å². The largest absolute Gasteiger partial charge is 0.480 e. The summed E-state index contributed by atoms with van der Waals surface area (Å²) in [6.07, 6.45) is 2.38. The molecule has 22 heavy (non-hydrogen) atoms. The van der Waals surface area contributed by atoms with E-state index in [1.807, 2.05) is 18.2 Å². The Hall–Kier alpha value is -1.53. The second kappa shape index (κ2) is 8.80. The van der Waals surface area contributed by atoms with Crippen LogP contribution < -0.4 is 5.32 Å². The maximum absolute atomic E-state index is 11.8. The van der Waals surface area contributed by atoms with Gasteiger partial charge in [0.05, 0.1) is 6.54 Å². The number of hydrogen-bond donors (Lipinski definition) is 2. The van der Waals surface area contributed by atoms with Gasteiger partial charge in [-0.15, -0.1) is 11.8 Å². The molecule has 2 N–H and O–H groups in total. The topological polar surface area (TPSA) is 69.6 Å². The van der Waals surface area contributed by atoms with E-state index in [9.17, 15) is 9.59 Å². The zero-order chi connectivity index (χ0) is 15.8. The van der Waals surface area contributed by atoms with Crippen LogP contribution >= 0.6 is 11.8 Å². The molecule has 1 aromatic rings. The van der Waals surface area contributed by atoms with Gasteiger partial charge in [-0.05, 0) is 43.7 Å². The van der Waals surface area contributed by atoms with E-state index < -0.39 is 12.0 Å². The van der Waals surface area contributed by atoms with Crippen LogP contribution in [0.15, 0.2) is 35.2 Å². The number of nitrogens with zero attached hydrogens (tertiary/aromatic N) is 1. The lowest BCUT2D eigenvalue weighted by Crippen LogP contribution is -2.43. The third kappa shape index (κ3) is 5.35. The lowest BCUT2D eigenvalue weighted by atomic mass is 10.2. The molecule has 1 atom stereocenters. The summed E-state index contributed by atoms with van der Waals surface area (Å²) in [5.74, 6) is 0.0357. The van der Waals surface area contributed by atoms with Crippen molar-refractivity contribution in [2.75, 3.05) is 25.4 Å². The standard InChI is InChI=1S/C16H22N2O3S/c19-15(12-18-10-4-8-14(18)16(20)21)17-9-5-11-22-13-6-2-1-3-7-13/h1-3,6-7,14H,4-5,8-12H2,(H,17,19)(H,20,21)/t14-/m1/s1. The van der Waals surface area contributed by atoms with Crippen molar-refractivity contribution in [1.29, 1.82) is 0 Å². The van der Waals surface area contributed by atoms with Crippen molar-refractivity contribution in [3.05, 3.63) is 30.3 Å². The van der Waals surface area contributed by atoms with E-state index in [-0.39, 0.29) is 12.5 Å². The Morgan fingerprint density at radius 3 is 2.82 bits per heavy atom. The molecule has 2 rings (SSSR count). The van der Waals surface area contributed by atoms with Gasteiger partial charge < -0.3 is 10.4 Å². The van der Waals surface area contributed by atoms with Crippen molar-refractivity contribution in [3.8, 4) is 0 Å². The molecule has 1 aliphatic rings. The van der Waals surface area contributed by atoms with Gasteiger partial charge in [0.1, 0.15) is 6.04 Å². The molecule has 5 nitrogen and oxygen atoms in total. The fourth-order valence-corrected chi connectivity index (χ4v) is 3.42. The maximum Gasteiger partial charge on any atom is 0.320 e. The number of nitrogens with one attached hydrogen (secondary N) is 1. The molecule has 1 aliphatic heterocycles. The molecule has 1 fully saturated rings. The van der Waals surface area contributed by atoms with Crippen LogP contribution in [0.3, 0.4) is 0 Å². The molecule has 0 radical (unpaired) electrons. The second-order valence-corrected chi connectivity index (χ2v) is 6.50. The summed E-state index contributed by atoms with van der Waals surface area (Å²) >= 11 is 1.77. The van der Waals surface area contributed by atoms with E-state index in [0.717, 1.165) is 18.6 Å². The summed E-state index contributed by atoms with van der Waals surface area (Å²) in [5.41, 5.74) is 0. The van der Waals surface area contributed by atoms with Gasteiger partial charge in [-0.25, -0.2) is 0 Å². The van der Waals surface area contributed by atoms with Crippen molar-refractivity contribution in [1.82, 2.24) is 10.2 Å². The lowest BCUT2D eigenvalue weighted by molar-refractivity contribution is -0.142. The van der Waals surface area contributed by atoms with Crippen LogP contribution in [0.25, 0.3) is 0 Å². The Morgan fingerprint density at radius 2 is 2.09 bits per heavy atom. The number of carboxylic acid groups (broad SMARTS) is 1. The van der Waals surface area contributed by atoms with Gasteiger partial charge >= 0.3 is 5.97 Å². The second-order valence-electron chi connectivity index (χ2n) is 5.33.